The molecule has 0 spiro atoms. The fourth-order valence-electron chi connectivity index (χ4n) is 6.76. The van der Waals surface area contributed by atoms with Gasteiger partial charge in [-0.3, -0.25) is 9.80 Å². The van der Waals surface area contributed by atoms with Crippen LogP contribution in [-0.4, -0.2) is 42.0 Å². The minimum Gasteiger partial charge on any atom is -0.327 e. The van der Waals surface area contributed by atoms with Crippen molar-refractivity contribution in [3.05, 3.63) is 71.5 Å². The summed E-state index contributed by atoms with van der Waals surface area (Å²) in [5.74, 6) is 0.825. The normalized spacial score (nSPS) is 27.7. The van der Waals surface area contributed by atoms with Crippen molar-refractivity contribution in [3.8, 4) is 0 Å². The number of hydrogen-bond donors (Lipinski definition) is 1. The van der Waals surface area contributed by atoms with Crippen LogP contribution in [0.5, 0.6) is 0 Å². The first-order valence-corrected chi connectivity index (χ1v) is 12.2. The lowest BCUT2D eigenvalue weighted by atomic mass is 9.62. The van der Waals surface area contributed by atoms with Crippen LogP contribution in [0.4, 0.5) is 4.39 Å². The molecule has 0 bridgehead atoms. The predicted molar refractivity (Wildman–Crippen MR) is 124 cm³/mol. The topological polar surface area (TPSA) is 32.5 Å². The maximum absolute atomic E-state index is 14.5. The van der Waals surface area contributed by atoms with Crippen molar-refractivity contribution in [2.24, 2.45) is 17.6 Å². The van der Waals surface area contributed by atoms with E-state index in [2.05, 4.69) is 46.2 Å². The summed E-state index contributed by atoms with van der Waals surface area (Å²) in [6, 6.07) is 18.5. The summed E-state index contributed by atoms with van der Waals surface area (Å²) < 4.78 is 14.5. The smallest absolute Gasteiger partial charge is 0.123 e. The van der Waals surface area contributed by atoms with Gasteiger partial charge >= 0.3 is 0 Å². The third-order valence-electron chi connectivity index (χ3n) is 8.26. The summed E-state index contributed by atoms with van der Waals surface area (Å²) in [5.41, 5.74) is 9.21. The first-order valence-electron chi connectivity index (χ1n) is 12.2. The van der Waals surface area contributed by atoms with E-state index in [1.807, 2.05) is 12.1 Å². The Morgan fingerprint density at radius 2 is 1.65 bits per heavy atom. The number of halogens is 1. The summed E-state index contributed by atoms with van der Waals surface area (Å²) in [7, 11) is 0. The number of nitrogens with zero attached hydrogens (tertiary/aromatic N) is 2. The highest BCUT2D eigenvalue weighted by atomic mass is 19.1. The van der Waals surface area contributed by atoms with Gasteiger partial charge in [-0.05, 0) is 80.3 Å². The Morgan fingerprint density at radius 1 is 0.871 bits per heavy atom. The molecule has 2 heterocycles. The maximum Gasteiger partial charge on any atom is 0.123 e. The third kappa shape index (κ3) is 3.94. The van der Waals surface area contributed by atoms with Gasteiger partial charge in [0.25, 0.3) is 0 Å². The Kier molecular flexibility index (Phi) is 6.14. The van der Waals surface area contributed by atoms with Crippen LogP contribution in [0.3, 0.4) is 0 Å². The van der Waals surface area contributed by atoms with Crippen LogP contribution in [-0.2, 0) is 12.1 Å². The van der Waals surface area contributed by atoms with Crippen molar-refractivity contribution in [3.63, 3.8) is 0 Å². The zero-order valence-corrected chi connectivity index (χ0v) is 18.6. The molecule has 2 N–H and O–H groups in total. The van der Waals surface area contributed by atoms with Crippen LogP contribution in [0.25, 0.3) is 0 Å². The molecule has 0 radical (unpaired) electrons. The zero-order valence-electron chi connectivity index (χ0n) is 18.6. The van der Waals surface area contributed by atoms with Crippen molar-refractivity contribution < 1.29 is 4.39 Å². The molecule has 0 aromatic heterocycles. The highest BCUT2D eigenvalue weighted by Gasteiger charge is 2.55. The van der Waals surface area contributed by atoms with Crippen molar-refractivity contribution in [2.45, 2.75) is 56.7 Å². The summed E-state index contributed by atoms with van der Waals surface area (Å²) in [5, 5.41) is 0. The van der Waals surface area contributed by atoms with E-state index in [4.69, 9.17) is 5.73 Å². The van der Waals surface area contributed by atoms with Crippen LogP contribution in [0, 0.1) is 17.7 Å². The summed E-state index contributed by atoms with van der Waals surface area (Å²) in [6.07, 6.45) is 7.02. The van der Waals surface area contributed by atoms with Gasteiger partial charge in [-0.25, -0.2) is 4.39 Å². The third-order valence-corrected chi connectivity index (χ3v) is 8.26. The lowest BCUT2D eigenvalue weighted by molar-refractivity contribution is -0.0835. The molecular formula is C27H36FN3. The van der Waals surface area contributed by atoms with Crippen molar-refractivity contribution >= 4 is 0 Å². The average Bonchev–Trinajstić information content (AvgIpc) is 3.18. The van der Waals surface area contributed by atoms with Crippen molar-refractivity contribution in [1.82, 2.24) is 9.80 Å². The lowest BCUT2D eigenvalue weighted by Gasteiger charge is -2.59. The molecule has 2 aliphatic heterocycles. The van der Waals surface area contributed by atoms with E-state index in [1.54, 1.807) is 6.07 Å². The first kappa shape index (κ1) is 21.1. The van der Waals surface area contributed by atoms with E-state index < -0.39 is 0 Å². The molecule has 5 rings (SSSR count). The highest BCUT2D eigenvalue weighted by Crippen LogP contribution is 2.53. The van der Waals surface area contributed by atoms with Gasteiger partial charge in [0, 0.05) is 25.7 Å². The van der Waals surface area contributed by atoms with E-state index in [0.717, 1.165) is 52.0 Å². The molecule has 2 aromatic rings. The number of piperidine rings is 1. The molecule has 3 unspecified atom stereocenters. The predicted octanol–water partition coefficient (Wildman–Crippen LogP) is 4.77. The summed E-state index contributed by atoms with van der Waals surface area (Å²) >= 11 is 0. The quantitative estimate of drug-likeness (QED) is 0.729. The van der Waals surface area contributed by atoms with Gasteiger partial charge in [0.1, 0.15) is 5.82 Å². The van der Waals surface area contributed by atoms with Crippen LogP contribution < -0.4 is 5.73 Å². The Morgan fingerprint density at radius 3 is 2.26 bits per heavy atom. The minimum absolute atomic E-state index is 0.115. The standard InChI is InChI=1S/C27H36FN3/c28-24-10-4-9-23(19-24)27(31-15-6-16-31,25-11-5-12-26(25)29)22-13-17-30(18-14-22)20-21-7-2-1-3-8-21/h1-4,7-10,19,22,25-26H,5-6,11-18,20,29H2. The number of likely N-dealkylation sites (tertiary alicyclic amines) is 2. The fraction of sp³-hybridized carbons (Fsp3) is 0.556. The highest BCUT2D eigenvalue weighted by molar-refractivity contribution is 5.30. The fourth-order valence-corrected chi connectivity index (χ4v) is 6.76. The van der Waals surface area contributed by atoms with Gasteiger partial charge in [0.05, 0.1) is 5.54 Å². The van der Waals surface area contributed by atoms with E-state index >= 15 is 0 Å². The largest absolute Gasteiger partial charge is 0.327 e. The Bertz CT molecular complexity index is 860. The zero-order chi connectivity index (χ0) is 21.3. The van der Waals surface area contributed by atoms with E-state index in [9.17, 15) is 4.39 Å². The number of benzene rings is 2. The summed E-state index contributed by atoms with van der Waals surface area (Å²) in [4.78, 5) is 5.27. The van der Waals surface area contributed by atoms with Gasteiger partial charge in [0.15, 0.2) is 0 Å². The second-order valence-electron chi connectivity index (χ2n) is 9.91. The molecule has 3 aliphatic rings. The van der Waals surface area contributed by atoms with Crippen molar-refractivity contribution in [2.75, 3.05) is 26.2 Å². The Hall–Kier alpha value is -1.75. The Labute approximate surface area is 186 Å². The van der Waals surface area contributed by atoms with Crippen LogP contribution in [0.2, 0.25) is 0 Å². The molecule has 2 saturated heterocycles. The van der Waals surface area contributed by atoms with Gasteiger partial charge in [-0.1, -0.05) is 48.9 Å². The van der Waals surface area contributed by atoms with Crippen LogP contribution in [0.1, 0.15) is 49.7 Å². The molecule has 1 aliphatic carbocycles. The van der Waals surface area contributed by atoms with Gasteiger partial charge in [-0.2, -0.15) is 0 Å². The number of rotatable bonds is 6. The van der Waals surface area contributed by atoms with E-state index in [0.29, 0.717) is 11.8 Å². The number of hydrogen-bond acceptors (Lipinski definition) is 3. The molecule has 3 fully saturated rings. The van der Waals surface area contributed by atoms with Gasteiger partial charge in [-0.15, -0.1) is 0 Å². The summed E-state index contributed by atoms with van der Waals surface area (Å²) in [6.45, 7) is 5.46. The molecule has 31 heavy (non-hydrogen) atoms. The van der Waals surface area contributed by atoms with Crippen LogP contribution in [0.15, 0.2) is 54.6 Å². The van der Waals surface area contributed by atoms with Gasteiger partial charge in [0.2, 0.25) is 0 Å². The molecule has 4 heteroatoms. The molecule has 3 atom stereocenters. The molecular weight excluding hydrogens is 385 g/mol. The van der Waals surface area contributed by atoms with E-state index in [-0.39, 0.29) is 17.4 Å². The SMILES string of the molecule is NC1CCCC1C(c1cccc(F)c1)(C1CCN(Cc2ccccc2)CC1)N1CCC1. The molecule has 0 amide bonds. The lowest BCUT2D eigenvalue weighted by Crippen LogP contribution is -2.64. The monoisotopic (exact) mass is 421 g/mol. The first-order chi connectivity index (χ1) is 15.2. The average molecular weight is 422 g/mol. The van der Waals surface area contributed by atoms with Crippen molar-refractivity contribution in [1.29, 1.82) is 0 Å². The second kappa shape index (κ2) is 9.01. The molecule has 1 saturated carbocycles. The van der Waals surface area contributed by atoms with E-state index in [1.165, 1.54) is 30.4 Å². The molecule has 3 nitrogen and oxygen atoms in total. The Balaban J connectivity index is 1.45. The van der Waals surface area contributed by atoms with Gasteiger partial charge < -0.3 is 5.73 Å². The van der Waals surface area contributed by atoms with Crippen LogP contribution >= 0.6 is 0 Å². The molecule has 166 valence electrons. The minimum atomic E-state index is -0.116. The molecule has 2 aromatic carbocycles. The number of nitrogens with two attached hydrogens (primary N) is 1. The second-order valence-corrected chi connectivity index (χ2v) is 9.91. The maximum atomic E-state index is 14.5.